The van der Waals surface area contributed by atoms with Crippen molar-refractivity contribution < 1.29 is 4.79 Å². The minimum absolute atomic E-state index is 0.0902. The van der Waals surface area contributed by atoms with Gasteiger partial charge in [0.2, 0.25) is 0 Å². The van der Waals surface area contributed by atoms with Crippen molar-refractivity contribution in [3.63, 3.8) is 0 Å². The van der Waals surface area contributed by atoms with Gasteiger partial charge >= 0.3 is 0 Å². The summed E-state index contributed by atoms with van der Waals surface area (Å²) in [5, 5.41) is 3.87. The first-order valence-corrected chi connectivity index (χ1v) is 6.60. The van der Waals surface area contributed by atoms with E-state index in [2.05, 4.69) is 10.3 Å². The van der Waals surface area contributed by atoms with E-state index in [1.54, 1.807) is 12.3 Å². The van der Waals surface area contributed by atoms with Gasteiger partial charge in [0.05, 0.1) is 11.1 Å². The summed E-state index contributed by atoms with van der Waals surface area (Å²) in [7, 11) is 0. The van der Waals surface area contributed by atoms with Crippen LogP contribution in [0.25, 0.3) is 10.9 Å². The zero-order valence-corrected chi connectivity index (χ0v) is 11.1. The fourth-order valence-electron chi connectivity index (χ4n) is 1.96. The highest BCUT2D eigenvalue weighted by Crippen LogP contribution is 2.15. The van der Waals surface area contributed by atoms with Crippen LogP contribution < -0.4 is 11.1 Å². The van der Waals surface area contributed by atoms with E-state index in [-0.39, 0.29) is 11.9 Å². The maximum atomic E-state index is 12.1. The summed E-state index contributed by atoms with van der Waals surface area (Å²) in [4.78, 5) is 16.4. The van der Waals surface area contributed by atoms with E-state index in [0.717, 1.165) is 23.7 Å². The number of nitrogens with one attached hydrogen (secondary N) is 1. The molecule has 1 unspecified atom stereocenters. The van der Waals surface area contributed by atoms with Gasteiger partial charge in [-0.25, -0.2) is 0 Å². The Hall–Kier alpha value is -1.94. The predicted molar refractivity (Wildman–Crippen MR) is 77.0 cm³/mol. The van der Waals surface area contributed by atoms with Crippen LogP contribution in [0.3, 0.4) is 0 Å². The quantitative estimate of drug-likeness (QED) is 0.861. The van der Waals surface area contributed by atoms with E-state index in [9.17, 15) is 4.79 Å². The number of pyridine rings is 1. The van der Waals surface area contributed by atoms with Gasteiger partial charge in [-0.05, 0) is 25.0 Å². The van der Waals surface area contributed by atoms with Crippen LogP contribution in [0.4, 0.5) is 0 Å². The van der Waals surface area contributed by atoms with Gasteiger partial charge in [0.1, 0.15) is 0 Å². The zero-order chi connectivity index (χ0) is 13.7. The van der Waals surface area contributed by atoms with Crippen LogP contribution in [0.2, 0.25) is 0 Å². The first-order chi connectivity index (χ1) is 9.22. The van der Waals surface area contributed by atoms with E-state index in [1.807, 2.05) is 31.2 Å². The molecule has 19 heavy (non-hydrogen) atoms. The van der Waals surface area contributed by atoms with E-state index in [1.165, 1.54) is 0 Å². The van der Waals surface area contributed by atoms with Crippen molar-refractivity contribution in [3.8, 4) is 0 Å². The van der Waals surface area contributed by atoms with Crippen molar-refractivity contribution in [2.24, 2.45) is 5.73 Å². The van der Waals surface area contributed by atoms with Crippen molar-refractivity contribution in [3.05, 3.63) is 42.1 Å². The molecule has 0 aliphatic rings. The number of amides is 1. The summed E-state index contributed by atoms with van der Waals surface area (Å²) in [6.07, 6.45) is 3.41. The van der Waals surface area contributed by atoms with Gasteiger partial charge < -0.3 is 11.1 Å². The number of rotatable bonds is 5. The molecule has 1 heterocycles. The van der Waals surface area contributed by atoms with Gasteiger partial charge in [-0.3, -0.25) is 9.78 Å². The van der Waals surface area contributed by atoms with Gasteiger partial charge in [-0.2, -0.15) is 0 Å². The van der Waals surface area contributed by atoms with Crippen molar-refractivity contribution in [1.29, 1.82) is 0 Å². The summed E-state index contributed by atoms with van der Waals surface area (Å²) < 4.78 is 0. The number of hydrogen-bond donors (Lipinski definition) is 2. The van der Waals surface area contributed by atoms with E-state index in [4.69, 9.17) is 5.73 Å². The molecule has 0 radical (unpaired) electrons. The lowest BCUT2D eigenvalue weighted by molar-refractivity contribution is 0.0954. The van der Waals surface area contributed by atoms with Crippen molar-refractivity contribution in [2.45, 2.75) is 25.8 Å². The van der Waals surface area contributed by atoms with E-state index in [0.29, 0.717) is 12.1 Å². The molecule has 3 N–H and O–H groups in total. The largest absolute Gasteiger partial charge is 0.352 e. The van der Waals surface area contributed by atoms with Crippen molar-refractivity contribution >= 4 is 16.8 Å². The van der Waals surface area contributed by atoms with Crippen molar-refractivity contribution in [2.75, 3.05) is 6.54 Å². The minimum atomic E-state index is -0.0902. The maximum absolute atomic E-state index is 12.1. The van der Waals surface area contributed by atoms with E-state index < -0.39 is 0 Å². The van der Waals surface area contributed by atoms with Crippen LogP contribution >= 0.6 is 0 Å². The minimum Gasteiger partial charge on any atom is -0.352 e. The van der Waals surface area contributed by atoms with Gasteiger partial charge in [0.15, 0.2) is 0 Å². The lowest BCUT2D eigenvalue weighted by atomic mass is 10.1. The molecule has 1 aromatic carbocycles. The Kier molecular flexibility index (Phi) is 4.47. The molecule has 0 aliphatic carbocycles. The first-order valence-electron chi connectivity index (χ1n) is 6.60. The highest BCUT2D eigenvalue weighted by Gasteiger charge is 2.10. The van der Waals surface area contributed by atoms with Gasteiger partial charge in [0, 0.05) is 24.2 Å². The highest BCUT2D eigenvalue weighted by atomic mass is 16.1. The predicted octanol–water partition coefficient (Wildman–Crippen LogP) is 2.09. The number of carbonyl (C=O) groups excluding carboxylic acids is 1. The van der Waals surface area contributed by atoms with Crippen LogP contribution in [0.1, 0.15) is 30.1 Å². The molecule has 2 aromatic rings. The lowest BCUT2D eigenvalue weighted by Crippen LogP contribution is -2.30. The first kappa shape index (κ1) is 13.5. The van der Waals surface area contributed by atoms with E-state index >= 15 is 0 Å². The average Bonchev–Trinajstić information content (AvgIpc) is 2.46. The topological polar surface area (TPSA) is 68.0 Å². The maximum Gasteiger partial charge on any atom is 0.253 e. The molecule has 0 saturated heterocycles. The van der Waals surface area contributed by atoms with Crippen LogP contribution in [-0.4, -0.2) is 23.5 Å². The molecule has 0 spiro atoms. The van der Waals surface area contributed by atoms with Crippen LogP contribution in [0.5, 0.6) is 0 Å². The molecule has 0 bridgehead atoms. The van der Waals surface area contributed by atoms with Crippen molar-refractivity contribution in [1.82, 2.24) is 10.3 Å². The Morgan fingerprint density at radius 1 is 1.37 bits per heavy atom. The SMILES string of the molecule is CCC(N)CCNC(=O)c1cccc2cccnc12. The van der Waals surface area contributed by atoms with Crippen LogP contribution in [0, 0.1) is 0 Å². The normalized spacial score (nSPS) is 12.3. The average molecular weight is 257 g/mol. The number of hydrogen-bond acceptors (Lipinski definition) is 3. The Labute approximate surface area is 113 Å². The molecule has 1 amide bonds. The number of para-hydroxylation sites is 1. The van der Waals surface area contributed by atoms with Gasteiger partial charge in [-0.15, -0.1) is 0 Å². The summed E-state index contributed by atoms with van der Waals surface area (Å²) in [6, 6.07) is 9.58. The highest BCUT2D eigenvalue weighted by molar-refractivity contribution is 6.05. The molecule has 4 nitrogen and oxygen atoms in total. The number of carbonyl (C=O) groups is 1. The second-order valence-corrected chi connectivity index (χ2v) is 4.59. The molecule has 0 aliphatic heterocycles. The zero-order valence-electron chi connectivity index (χ0n) is 11.1. The third kappa shape index (κ3) is 3.29. The summed E-state index contributed by atoms with van der Waals surface area (Å²) in [5.41, 5.74) is 7.18. The summed E-state index contributed by atoms with van der Waals surface area (Å²) in [6.45, 7) is 2.64. The van der Waals surface area contributed by atoms with Gasteiger partial charge in [0.25, 0.3) is 5.91 Å². The standard InChI is InChI=1S/C15H19N3O/c1-2-12(16)8-10-18-15(19)13-7-3-5-11-6-4-9-17-14(11)13/h3-7,9,12H,2,8,10,16H2,1H3,(H,18,19). The molecule has 100 valence electrons. The molecule has 4 heteroatoms. The number of nitrogens with two attached hydrogens (primary N) is 1. The van der Waals surface area contributed by atoms with Gasteiger partial charge in [-0.1, -0.05) is 25.1 Å². The fourth-order valence-corrected chi connectivity index (χ4v) is 1.96. The molecule has 1 atom stereocenters. The summed E-state index contributed by atoms with van der Waals surface area (Å²) >= 11 is 0. The number of benzene rings is 1. The second kappa shape index (κ2) is 6.29. The second-order valence-electron chi connectivity index (χ2n) is 4.59. The molecule has 0 saturated carbocycles. The Morgan fingerprint density at radius 2 is 2.16 bits per heavy atom. The Balaban J connectivity index is 2.09. The fraction of sp³-hybridized carbons (Fsp3) is 0.333. The Morgan fingerprint density at radius 3 is 2.95 bits per heavy atom. The lowest BCUT2D eigenvalue weighted by Gasteiger charge is -2.10. The molecule has 2 rings (SSSR count). The Bertz CT molecular complexity index is 563. The molecular formula is C15H19N3O. The monoisotopic (exact) mass is 257 g/mol. The number of nitrogens with zero attached hydrogens (tertiary/aromatic N) is 1. The molecular weight excluding hydrogens is 238 g/mol. The summed E-state index contributed by atoms with van der Waals surface area (Å²) in [5.74, 6) is -0.0902. The number of fused-ring (bicyclic) bond motifs is 1. The smallest absolute Gasteiger partial charge is 0.253 e. The molecule has 1 aromatic heterocycles. The third-order valence-corrected chi connectivity index (χ3v) is 3.20. The van der Waals surface area contributed by atoms with Crippen LogP contribution in [-0.2, 0) is 0 Å². The third-order valence-electron chi connectivity index (χ3n) is 3.20. The molecule has 0 fully saturated rings. The number of aromatic nitrogens is 1. The van der Waals surface area contributed by atoms with Crippen LogP contribution in [0.15, 0.2) is 36.5 Å².